The average molecular weight is 358 g/mol. The molecule has 3 aromatic rings. The molecule has 0 aliphatic heterocycles. The SMILES string of the molecule is CS(=O)(=O)c1ccccc1C(=O)OCc1cc(=O)n2ccccc2n1. The van der Waals surface area contributed by atoms with Crippen molar-refractivity contribution in [3.05, 3.63) is 76.3 Å². The van der Waals surface area contributed by atoms with Crippen LogP contribution in [0.2, 0.25) is 0 Å². The lowest BCUT2D eigenvalue weighted by Gasteiger charge is -2.08. The smallest absolute Gasteiger partial charge is 0.339 e. The molecule has 128 valence electrons. The first-order valence-electron chi connectivity index (χ1n) is 7.30. The number of esters is 1. The molecule has 0 N–H and O–H groups in total. The Morgan fingerprint density at radius 1 is 1.16 bits per heavy atom. The average Bonchev–Trinajstić information content (AvgIpc) is 2.59. The molecule has 25 heavy (non-hydrogen) atoms. The van der Waals surface area contributed by atoms with Gasteiger partial charge in [-0.2, -0.15) is 0 Å². The predicted molar refractivity (Wildman–Crippen MR) is 90.1 cm³/mol. The number of fused-ring (bicyclic) bond motifs is 1. The van der Waals surface area contributed by atoms with Gasteiger partial charge in [0.2, 0.25) is 0 Å². The standard InChI is InChI=1S/C17H14N2O5S/c1-25(22,23)14-7-3-2-6-13(14)17(21)24-11-12-10-16(20)19-9-5-4-8-15(19)18-12/h2-10H,11H2,1H3. The maximum absolute atomic E-state index is 12.2. The lowest BCUT2D eigenvalue weighted by Crippen LogP contribution is -2.17. The van der Waals surface area contributed by atoms with E-state index in [0.717, 1.165) is 6.26 Å². The third-order valence-electron chi connectivity index (χ3n) is 3.48. The summed E-state index contributed by atoms with van der Waals surface area (Å²) >= 11 is 0. The van der Waals surface area contributed by atoms with Crippen molar-refractivity contribution in [2.75, 3.05) is 6.26 Å². The number of sulfone groups is 1. The van der Waals surface area contributed by atoms with E-state index in [0.29, 0.717) is 5.65 Å². The highest BCUT2D eigenvalue weighted by Crippen LogP contribution is 2.16. The van der Waals surface area contributed by atoms with Gasteiger partial charge in [0.25, 0.3) is 5.56 Å². The Balaban J connectivity index is 1.86. The number of carbonyl (C=O) groups is 1. The van der Waals surface area contributed by atoms with E-state index in [1.54, 1.807) is 30.5 Å². The lowest BCUT2D eigenvalue weighted by molar-refractivity contribution is 0.0463. The molecule has 0 fully saturated rings. The minimum absolute atomic E-state index is 0.0532. The van der Waals surface area contributed by atoms with Crippen molar-refractivity contribution in [3.8, 4) is 0 Å². The Labute approximate surface area is 143 Å². The maximum Gasteiger partial charge on any atom is 0.339 e. The Kier molecular flexibility index (Phi) is 4.37. The van der Waals surface area contributed by atoms with Gasteiger partial charge in [-0.3, -0.25) is 9.20 Å². The molecule has 0 saturated heterocycles. The van der Waals surface area contributed by atoms with Gasteiger partial charge < -0.3 is 4.74 Å². The Bertz CT molecular complexity index is 1120. The molecule has 0 bridgehead atoms. The van der Waals surface area contributed by atoms with Crippen molar-refractivity contribution in [3.63, 3.8) is 0 Å². The highest BCUT2D eigenvalue weighted by atomic mass is 32.2. The zero-order valence-corrected chi connectivity index (χ0v) is 14.1. The molecule has 0 atom stereocenters. The van der Waals surface area contributed by atoms with Crippen molar-refractivity contribution in [2.24, 2.45) is 0 Å². The van der Waals surface area contributed by atoms with E-state index in [1.165, 1.54) is 28.7 Å². The third kappa shape index (κ3) is 3.58. The Morgan fingerprint density at radius 3 is 2.64 bits per heavy atom. The van der Waals surface area contributed by atoms with Crippen LogP contribution in [0.5, 0.6) is 0 Å². The fourth-order valence-corrected chi connectivity index (χ4v) is 3.23. The minimum atomic E-state index is -3.57. The quantitative estimate of drug-likeness (QED) is 0.655. The summed E-state index contributed by atoms with van der Waals surface area (Å²) in [5.74, 6) is -0.795. The van der Waals surface area contributed by atoms with Gasteiger partial charge in [-0.05, 0) is 24.3 Å². The summed E-state index contributed by atoms with van der Waals surface area (Å²) in [6.07, 6.45) is 2.60. The van der Waals surface area contributed by atoms with Gasteiger partial charge >= 0.3 is 5.97 Å². The predicted octanol–water partition coefficient (Wildman–Crippen LogP) is 1.45. The van der Waals surface area contributed by atoms with E-state index in [4.69, 9.17) is 4.74 Å². The molecule has 3 rings (SSSR count). The summed E-state index contributed by atoms with van der Waals surface area (Å²) in [6, 6.07) is 12.2. The second-order valence-electron chi connectivity index (χ2n) is 5.36. The largest absolute Gasteiger partial charge is 0.456 e. The molecule has 0 spiro atoms. The molecule has 0 radical (unpaired) electrons. The van der Waals surface area contributed by atoms with Gasteiger partial charge in [0, 0.05) is 18.5 Å². The molecular weight excluding hydrogens is 344 g/mol. The number of hydrogen-bond acceptors (Lipinski definition) is 6. The Hall–Kier alpha value is -3.00. The molecule has 0 unspecified atom stereocenters. The number of ether oxygens (including phenoxy) is 1. The number of rotatable bonds is 4. The molecule has 1 aromatic carbocycles. The van der Waals surface area contributed by atoms with Crippen LogP contribution in [0.25, 0.3) is 5.65 Å². The summed E-state index contributed by atoms with van der Waals surface area (Å²) in [4.78, 5) is 28.4. The van der Waals surface area contributed by atoms with Gasteiger partial charge in [-0.15, -0.1) is 0 Å². The zero-order valence-electron chi connectivity index (χ0n) is 13.2. The molecule has 2 heterocycles. The van der Waals surface area contributed by atoms with Crippen molar-refractivity contribution >= 4 is 21.5 Å². The van der Waals surface area contributed by atoms with Gasteiger partial charge in [0.05, 0.1) is 16.2 Å². The van der Waals surface area contributed by atoms with Gasteiger partial charge in [-0.1, -0.05) is 18.2 Å². The second-order valence-corrected chi connectivity index (χ2v) is 7.34. The highest BCUT2D eigenvalue weighted by Gasteiger charge is 2.19. The summed E-state index contributed by atoms with van der Waals surface area (Å²) < 4.78 is 30.0. The lowest BCUT2D eigenvalue weighted by atomic mass is 10.2. The van der Waals surface area contributed by atoms with Gasteiger partial charge in [0.1, 0.15) is 12.3 Å². The summed E-state index contributed by atoms with van der Waals surface area (Å²) in [6.45, 7) is -0.239. The van der Waals surface area contributed by atoms with Crippen LogP contribution in [0.4, 0.5) is 0 Å². The van der Waals surface area contributed by atoms with E-state index >= 15 is 0 Å². The topological polar surface area (TPSA) is 94.8 Å². The van der Waals surface area contributed by atoms with Crippen molar-refractivity contribution in [2.45, 2.75) is 11.5 Å². The number of hydrogen-bond donors (Lipinski definition) is 0. The fraction of sp³-hybridized carbons (Fsp3) is 0.118. The molecule has 0 aliphatic carbocycles. The first kappa shape index (κ1) is 16.8. The van der Waals surface area contributed by atoms with Crippen LogP contribution in [0.15, 0.2) is 64.4 Å². The van der Waals surface area contributed by atoms with E-state index in [2.05, 4.69) is 4.98 Å². The Morgan fingerprint density at radius 2 is 1.88 bits per heavy atom. The maximum atomic E-state index is 12.2. The molecular formula is C17H14N2O5S. The van der Waals surface area contributed by atoms with Crippen molar-refractivity contribution in [1.82, 2.24) is 9.38 Å². The van der Waals surface area contributed by atoms with Crippen LogP contribution < -0.4 is 5.56 Å². The number of benzene rings is 1. The molecule has 7 nitrogen and oxygen atoms in total. The number of pyridine rings is 1. The number of aromatic nitrogens is 2. The van der Waals surface area contributed by atoms with E-state index < -0.39 is 15.8 Å². The molecule has 8 heteroatoms. The van der Waals surface area contributed by atoms with Gasteiger partial charge in [-0.25, -0.2) is 18.2 Å². The summed E-state index contributed by atoms with van der Waals surface area (Å²) in [7, 11) is -3.57. The first-order valence-corrected chi connectivity index (χ1v) is 9.19. The van der Waals surface area contributed by atoms with Crippen LogP contribution in [-0.4, -0.2) is 30.0 Å². The fourth-order valence-electron chi connectivity index (χ4n) is 2.35. The van der Waals surface area contributed by atoms with Crippen LogP contribution in [0, 0.1) is 0 Å². The first-order chi connectivity index (χ1) is 11.9. The van der Waals surface area contributed by atoms with Crippen LogP contribution in [0.3, 0.4) is 0 Å². The molecule has 2 aromatic heterocycles. The normalized spacial score (nSPS) is 11.4. The zero-order chi connectivity index (χ0) is 18.0. The van der Waals surface area contributed by atoms with E-state index in [-0.39, 0.29) is 28.3 Å². The van der Waals surface area contributed by atoms with Crippen LogP contribution in [-0.2, 0) is 21.2 Å². The van der Waals surface area contributed by atoms with Crippen LogP contribution >= 0.6 is 0 Å². The molecule has 0 saturated carbocycles. The monoisotopic (exact) mass is 358 g/mol. The second kappa shape index (κ2) is 6.48. The minimum Gasteiger partial charge on any atom is -0.456 e. The van der Waals surface area contributed by atoms with Crippen LogP contribution in [0.1, 0.15) is 16.1 Å². The molecule has 0 amide bonds. The number of carbonyl (C=O) groups excluding carboxylic acids is 1. The van der Waals surface area contributed by atoms with E-state index in [1.807, 2.05) is 0 Å². The molecule has 0 aliphatic rings. The summed E-state index contributed by atoms with van der Waals surface area (Å²) in [5, 5.41) is 0. The summed E-state index contributed by atoms with van der Waals surface area (Å²) in [5.41, 5.74) is 0.356. The third-order valence-corrected chi connectivity index (χ3v) is 4.64. The van der Waals surface area contributed by atoms with Crippen molar-refractivity contribution < 1.29 is 17.9 Å². The highest BCUT2D eigenvalue weighted by molar-refractivity contribution is 7.90. The van der Waals surface area contributed by atoms with Gasteiger partial charge in [0.15, 0.2) is 9.84 Å². The van der Waals surface area contributed by atoms with E-state index in [9.17, 15) is 18.0 Å². The van der Waals surface area contributed by atoms with Crippen molar-refractivity contribution in [1.29, 1.82) is 0 Å². The number of nitrogens with zero attached hydrogens (tertiary/aromatic N) is 2.